The van der Waals surface area contributed by atoms with Gasteiger partial charge in [0, 0.05) is 0 Å². The second-order valence-corrected chi connectivity index (χ2v) is 3.53. The first-order valence-electron chi connectivity index (χ1n) is 5.28. The molecule has 92 valence electrons. The van der Waals surface area contributed by atoms with Crippen LogP contribution in [0.1, 0.15) is 30.1 Å². The molecule has 1 rings (SSSR count). The normalized spacial score (nSPS) is 11.8. The van der Waals surface area contributed by atoms with Crippen LogP contribution in [-0.4, -0.2) is 28.3 Å². The van der Waals surface area contributed by atoms with Gasteiger partial charge in [0.25, 0.3) is 0 Å². The van der Waals surface area contributed by atoms with Crippen LogP contribution >= 0.6 is 0 Å². The second-order valence-electron chi connectivity index (χ2n) is 3.53. The lowest BCUT2D eigenvalue weighted by molar-refractivity contribution is -0.145. The maximum absolute atomic E-state index is 10.9. The Balaban J connectivity index is 2.92. The van der Waals surface area contributed by atoms with E-state index in [0.29, 0.717) is 12.8 Å². The summed E-state index contributed by atoms with van der Waals surface area (Å²) in [5.41, 5.74) is -0.0325. The number of hydrogen-bond donors (Lipinski definition) is 2. The fourth-order valence-corrected chi connectivity index (χ4v) is 1.39. The molecular formula is C12H14O5. The lowest BCUT2D eigenvalue weighted by atomic mass is 10.2. The van der Waals surface area contributed by atoms with Crippen molar-refractivity contribution in [2.45, 2.75) is 25.9 Å². The van der Waals surface area contributed by atoms with E-state index in [2.05, 4.69) is 0 Å². The van der Waals surface area contributed by atoms with Crippen LogP contribution in [0.4, 0.5) is 0 Å². The molecule has 0 aromatic heterocycles. The van der Waals surface area contributed by atoms with E-state index in [9.17, 15) is 9.59 Å². The van der Waals surface area contributed by atoms with Crippen molar-refractivity contribution in [3.05, 3.63) is 29.8 Å². The Morgan fingerprint density at radius 2 is 1.94 bits per heavy atom. The maximum atomic E-state index is 10.9. The summed E-state index contributed by atoms with van der Waals surface area (Å²) in [6, 6.07) is 6.00. The fraction of sp³-hybridized carbons (Fsp3) is 0.333. The molecule has 5 heteroatoms. The molecule has 0 spiro atoms. The monoisotopic (exact) mass is 238 g/mol. The Bertz CT molecular complexity index is 413. The molecule has 0 fully saturated rings. The predicted molar refractivity (Wildman–Crippen MR) is 60.4 cm³/mol. The molecule has 5 nitrogen and oxygen atoms in total. The average molecular weight is 238 g/mol. The third kappa shape index (κ3) is 3.48. The van der Waals surface area contributed by atoms with Crippen LogP contribution in [-0.2, 0) is 4.79 Å². The molecule has 17 heavy (non-hydrogen) atoms. The van der Waals surface area contributed by atoms with Crippen molar-refractivity contribution < 1.29 is 24.5 Å². The van der Waals surface area contributed by atoms with Crippen molar-refractivity contribution in [1.82, 2.24) is 0 Å². The van der Waals surface area contributed by atoms with E-state index in [4.69, 9.17) is 14.9 Å². The molecule has 0 saturated carbocycles. The van der Waals surface area contributed by atoms with Crippen molar-refractivity contribution in [3.63, 3.8) is 0 Å². The number of rotatable bonds is 6. The van der Waals surface area contributed by atoms with Crippen molar-refractivity contribution in [2.75, 3.05) is 0 Å². The molecule has 0 aliphatic heterocycles. The molecule has 1 unspecified atom stereocenters. The van der Waals surface area contributed by atoms with Crippen LogP contribution in [0.5, 0.6) is 5.75 Å². The van der Waals surface area contributed by atoms with Crippen molar-refractivity contribution in [2.24, 2.45) is 0 Å². The summed E-state index contributed by atoms with van der Waals surface area (Å²) >= 11 is 0. The second kappa shape index (κ2) is 5.89. The molecular weight excluding hydrogens is 224 g/mol. The number of benzene rings is 1. The third-order valence-electron chi connectivity index (χ3n) is 2.21. The first-order valence-corrected chi connectivity index (χ1v) is 5.28. The largest absolute Gasteiger partial charge is 0.479 e. The summed E-state index contributed by atoms with van der Waals surface area (Å²) in [5, 5.41) is 17.8. The molecule has 2 N–H and O–H groups in total. The predicted octanol–water partition coefficient (Wildman–Crippen LogP) is 2.02. The molecule has 0 bridgehead atoms. The molecule has 0 radical (unpaired) electrons. The summed E-state index contributed by atoms with van der Waals surface area (Å²) in [6.07, 6.45) is -0.0318. The summed E-state index contributed by atoms with van der Waals surface area (Å²) in [7, 11) is 0. The highest BCUT2D eigenvalue weighted by Gasteiger charge is 2.21. The van der Waals surface area contributed by atoms with Gasteiger partial charge in [-0.3, -0.25) is 0 Å². The van der Waals surface area contributed by atoms with E-state index >= 15 is 0 Å². The van der Waals surface area contributed by atoms with E-state index in [-0.39, 0.29) is 11.3 Å². The molecule has 0 aliphatic carbocycles. The van der Waals surface area contributed by atoms with Crippen LogP contribution in [0, 0.1) is 0 Å². The minimum Gasteiger partial charge on any atom is -0.479 e. The Hall–Kier alpha value is -2.04. The van der Waals surface area contributed by atoms with Gasteiger partial charge in [-0.15, -0.1) is 0 Å². The summed E-state index contributed by atoms with van der Waals surface area (Å²) in [6.45, 7) is 1.84. The number of carboxylic acids is 2. The van der Waals surface area contributed by atoms with Crippen LogP contribution in [0.3, 0.4) is 0 Å². The Morgan fingerprint density at radius 3 is 2.47 bits per heavy atom. The van der Waals surface area contributed by atoms with E-state index in [1.807, 2.05) is 6.92 Å². The zero-order valence-electron chi connectivity index (χ0n) is 9.42. The molecule has 0 amide bonds. The molecule has 1 atom stereocenters. The maximum Gasteiger partial charge on any atom is 0.344 e. The van der Waals surface area contributed by atoms with Gasteiger partial charge in [-0.1, -0.05) is 25.5 Å². The van der Waals surface area contributed by atoms with Crippen LogP contribution in [0.25, 0.3) is 0 Å². The summed E-state index contributed by atoms with van der Waals surface area (Å²) in [5.74, 6) is -2.14. The van der Waals surface area contributed by atoms with Gasteiger partial charge in [0.15, 0.2) is 6.10 Å². The van der Waals surface area contributed by atoms with Crippen LogP contribution in [0.15, 0.2) is 24.3 Å². The van der Waals surface area contributed by atoms with E-state index in [0.717, 1.165) is 0 Å². The zero-order valence-corrected chi connectivity index (χ0v) is 9.42. The van der Waals surface area contributed by atoms with Gasteiger partial charge in [-0.2, -0.15) is 0 Å². The quantitative estimate of drug-likeness (QED) is 0.792. The lowest BCUT2D eigenvalue weighted by Gasteiger charge is -2.15. The van der Waals surface area contributed by atoms with E-state index in [1.165, 1.54) is 12.1 Å². The van der Waals surface area contributed by atoms with Gasteiger partial charge in [-0.05, 0) is 18.6 Å². The van der Waals surface area contributed by atoms with Crippen molar-refractivity contribution in [3.8, 4) is 5.75 Å². The number of ether oxygens (including phenoxy) is 1. The smallest absolute Gasteiger partial charge is 0.344 e. The fourth-order valence-electron chi connectivity index (χ4n) is 1.39. The van der Waals surface area contributed by atoms with Crippen LogP contribution in [0.2, 0.25) is 0 Å². The summed E-state index contributed by atoms with van der Waals surface area (Å²) in [4.78, 5) is 21.8. The minimum absolute atomic E-state index is 0.0325. The van der Waals surface area contributed by atoms with Gasteiger partial charge in [0.05, 0.1) is 0 Å². The van der Waals surface area contributed by atoms with Gasteiger partial charge in [-0.25, -0.2) is 9.59 Å². The van der Waals surface area contributed by atoms with Crippen molar-refractivity contribution >= 4 is 11.9 Å². The minimum atomic E-state index is -1.14. The topological polar surface area (TPSA) is 83.8 Å². The van der Waals surface area contributed by atoms with Crippen molar-refractivity contribution in [1.29, 1.82) is 0 Å². The number of carboxylic acid groups (broad SMARTS) is 2. The summed E-state index contributed by atoms with van der Waals surface area (Å²) < 4.78 is 5.23. The van der Waals surface area contributed by atoms with Crippen LogP contribution < -0.4 is 4.74 Å². The SMILES string of the molecule is CCCC(Oc1ccccc1C(=O)O)C(=O)O. The van der Waals surface area contributed by atoms with E-state index < -0.39 is 18.0 Å². The Kier molecular flexibility index (Phi) is 4.51. The van der Waals surface area contributed by atoms with Gasteiger partial charge >= 0.3 is 11.9 Å². The standard InChI is InChI=1S/C12H14O5/c1-2-5-10(12(15)16)17-9-7-4-3-6-8(9)11(13)14/h3-4,6-7,10H,2,5H2,1H3,(H,13,14)(H,15,16). The molecule has 0 heterocycles. The Morgan fingerprint density at radius 1 is 1.29 bits per heavy atom. The molecule has 1 aromatic carbocycles. The number of aromatic carboxylic acids is 1. The molecule has 0 aliphatic rings. The third-order valence-corrected chi connectivity index (χ3v) is 2.21. The first kappa shape index (κ1) is 13.0. The highest BCUT2D eigenvalue weighted by molar-refractivity contribution is 5.91. The molecule has 1 aromatic rings. The lowest BCUT2D eigenvalue weighted by Crippen LogP contribution is -2.27. The van der Waals surface area contributed by atoms with Gasteiger partial charge < -0.3 is 14.9 Å². The highest BCUT2D eigenvalue weighted by atomic mass is 16.5. The average Bonchev–Trinajstić information content (AvgIpc) is 2.28. The zero-order chi connectivity index (χ0) is 12.8. The molecule has 0 saturated heterocycles. The van der Waals surface area contributed by atoms with Gasteiger partial charge in [0.2, 0.25) is 0 Å². The highest BCUT2D eigenvalue weighted by Crippen LogP contribution is 2.20. The number of hydrogen-bond acceptors (Lipinski definition) is 3. The van der Waals surface area contributed by atoms with Gasteiger partial charge in [0.1, 0.15) is 11.3 Å². The number of carbonyl (C=O) groups is 2. The first-order chi connectivity index (χ1) is 8.06. The van der Waals surface area contributed by atoms with E-state index in [1.54, 1.807) is 12.1 Å². The number of aliphatic carboxylic acids is 1. The Labute approximate surface area is 98.6 Å². The number of para-hydroxylation sites is 1.